The molecular formula is C15H27N3O2S. The Bertz CT molecular complexity index is 503. The van der Waals surface area contributed by atoms with Gasteiger partial charge in [-0.25, -0.2) is 13.1 Å². The number of nitrogens with two attached hydrogens (primary N) is 1. The number of hydrogen-bond acceptors (Lipinski definition) is 4. The smallest absolute Gasteiger partial charge is 0.244 e. The number of hydrogen-bond donors (Lipinski definition) is 2. The molecule has 1 aromatic heterocycles. The van der Waals surface area contributed by atoms with Gasteiger partial charge < -0.3 is 5.73 Å². The van der Waals surface area contributed by atoms with Crippen LogP contribution in [0, 0.1) is 0 Å². The molecule has 120 valence electrons. The first-order valence-electron chi connectivity index (χ1n) is 7.77. The van der Waals surface area contributed by atoms with Gasteiger partial charge in [0.05, 0.1) is 5.69 Å². The molecule has 0 atom stereocenters. The Balaban J connectivity index is 2.19. The SMILES string of the molecule is CCCCCCCCCCNS(=O)(=O)c1cnccc1N. The van der Waals surface area contributed by atoms with Crippen LogP contribution in [0.3, 0.4) is 0 Å². The Hall–Kier alpha value is -1.14. The zero-order chi connectivity index (χ0) is 15.6. The first kappa shape index (κ1) is 17.9. The lowest BCUT2D eigenvalue weighted by Crippen LogP contribution is -2.25. The molecule has 3 N–H and O–H groups in total. The van der Waals surface area contributed by atoms with E-state index in [0.717, 1.165) is 12.8 Å². The average molecular weight is 313 g/mol. The van der Waals surface area contributed by atoms with E-state index < -0.39 is 10.0 Å². The van der Waals surface area contributed by atoms with Crippen molar-refractivity contribution in [3.05, 3.63) is 18.5 Å². The largest absolute Gasteiger partial charge is 0.398 e. The second-order valence-corrected chi connectivity index (χ2v) is 7.02. The summed E-state index contributed by atoms with van der Waals surface area (Å²) in [6, 6.07) is 1.49. The molecule has 1 rings (SSSR count). The van der Waals surface area contributed by atoms with Gasteiger partial charge in [-0.3, -0.25) is 4.98 Å². The molecule has 0 radical (unpaired) electrons. The van der Waals surface area contributed by atoms with Gasteiger partial charge in [0.25, 0.3) is 0 Å². The van der Waals surface area contributed by atoms with E-state index in [1.54, 1.807) is 0 Å². The van der Waals surface area contributed by atoms with Crippen LogP contribution in [-0.4, -0.2) is 19.9 Å². The van der Waals surface area contributed by atoms with Crippen LogP contribution in [0.15, 0.2) is 23.4 Å². The number of pyridine rings is 1. The summed E-state index contributed by atoms with van der Waals surface area (Å²) in [6.45, 7) is 2.66. The molecule has 1 heterocycles. The van der Waals surface area contributed by atoms with E-state index >= 15 is 0 Å². The van der Waals surface area contributed by atoms with E-state index in [1.807, 2.05) is 0 Å². The van der Waals surface area contributed by atoms with Crippen molar-refractivity contribution in [2.45, 2.75) is 63.2 Å². The molecule has 0 aliphatic carbocycles. The lowest BCUT2D eigenvalue weighted by molar-refractivity contribution is 0.559. The van der Waals surface area contributed by atoms with Crippen molar-refractivity contribution >= 4 is 15.7 Å². The molecule has 0 fully saturated rings. The van der Waals surface area contributed by atoms with Crippen molar-refractivity contribution in [1.82, 2.24) is 9.71 Å². The molecule has 0 saturated heterocycles. The summed E-state index contributed by atoms with van der Waals surface area (Å²) in [6.07, 6.45) is 12.2. The standard InChI is InChI=1S/C15H27N3O2S/c1-2-3-4-5-6-7-8-9-11-18-21(19,20)15-13-17-12-10-14(15)16/h10,12-13,18H,2-9,11H2,1H3,(H2,16,17). The summed E-state index contributed by atoms with van der Waals surface area (Å²) in [5.74, 6) is 0. The van der Waals surface area contributed by atoms with Crippen LogP contribution in [0.5, 0.6) is 0 Å². The molecule has 0 aliphatic heterocycles. The van der Waals surface area contributed by atoms with Gasteiger partial charge in [0.1, 0.15) is 4.90 Å². The molecule has 0 spiro atoms. The van der Waals surface area contributed by atoms with Crippen molar-refractivity contribution < 1.29 is 8.42 Å². The Labute approximate surface area is 128 Å². The first-order valence-corrected chi connectivity index (χ1v) is 9.25. The van der Waals surface area contributed by atoms with Crippen LogP contribution >= 0.6 is 0 Å². The molecule has 0 unspecified atom stereocenters. The van der Waals surface area contributed by atoms with Crippen LogP contribution in [0.1, 0.15) is 58.3 Å². The quantitative estimate of drug-likeness (QED) is 0.615. The van der Waals surface area contributed by atoms with E-state index in [1.165, 1.54) is 57.0 Å². The van der Waals surface area contributed by atoms with Gasteiger partial charge in [-0.2, -0.15) is 0 Å². The Morgan fingerprint density at radius 2 is 1.71 bits per heavy atom. The topological polar surface area (TPSA) is 85.1 Å². The molecule has 0 aliphatic rings. The molecule has 0 saturated carbocycles. The maximum absolute atomic E-state index is 12.0. The molecular weight excluding hydrogens is 286 g/mol. The Morgan fingerprint density at radius 3 is 2.33 bits per heavy atom. The van der Waals surface area contributed by atoms with E-state index in [-0.39, 0.29) is 10.6 Å². The number of nitrogens with zero attached hydrogens (tertiary/aromatic N) is 1. The third-order valence-corrected chi connectivity index (χ3v) is 4.93. The normalized spacial score (nSPS) is 11.7. The molecule has 0 bridgehead atoms. The van der Waals surface area contributed by atoms with Gasteiger partial charge in [0.2, 0.25) is 10.0 Å². The predicted octanol–water partition coefficient (Wildman–Crippen LogP) is 3.08. The van der Waals surface area contributed by atoms with Crippen LogP contribution in [0.4, 0.5) is 5.69 Å². The highest BCUT2D eigenvalue weighted by Gasteiger charge is 2.16. The van der Waals surface area contributed by atoms with Crippen LogP contribution in [0.25, 0.3) is 0 Å². The summed E-state index contributed by atoms with van der Waals surface area (Å²) in [7, 11) is -3.53. The van der Waals surface area contributed by atoms with E-state index in [9.17, 15) is 8.42 Å². The highest BCUT2D eigenvalue weighted by molar-refractivity contribution is 7.89. The third-order valence-electron chi connectivity index (χ3n) is 3.43. The molecule has 21 heavy (non-hydrogen) atoms. The number of aromatic nitrogens is 1. The van der Waals surface area contributed by atoms with Gasteiger partial charge >= 0.3 is 0 Å². The average Bonchev–Trinajstić information content (AvgIpc) is 2.46. The maximum atomic E-state index is 12.0. The van der Waals surface area contributed by atoms with Crippen LogP contribution < -0.4 is 10.5 Å². The minimum Gasteiger partial charge on any atom is -0.398 e. The summed E-state index contributed by atoms with van der Waals surface area (Å²) in [5.41, 5.74) is 5.89. The Kier molecular flexibility index (Phi) is 8.30. The fraction of sp³-hybridized carbons (Fsp3) is 0.667. The summed E-state index contributed by atoms with van der Waals surface area (Å²) >= 11 is 0. The number of sulfonamides is 1. The maximum Gasteiger partial charge on any atom is 0.244 e. The predicted molar refractivity (Wildman–Crippen MR) is 86.4 cm³/mol. The van der Waals surface area contributed by atoms with Crippen LogP contribution in [0.2, 0.25) is 0 Å². The number of nitrogens with one attached hydrogen (secondary N) is 1. The second kappa shape index (κ2) is 9.73. The third kappa shape index (κ3) is 6.91. The minimum atomic E-state index is -3.53. The van der Waals surface area contributed by atoms with Gasteiger partial charge in [-0.1, -0.05) is 51.9 Å². The fourth-order valence-corrected chi connectivity index (χ4v) is 3.30. The van der Waals surface area contributed by atoms with Crippen molar-refractivity contribution in [2.75, 3.05) is 12.3 Å². The fourth-order valence-electron chi connectivity index (χ4n) is 2.16. The second-order valence-electron chi connectivity index (χ2n) is 5.29. The Morgan fingerprint density at radius 1 is 1.10 bits per heavy atom. The highest BCUT2D eigenvalue weighted by Crippen LogP contribution is 2.15. The van der Waals surface area contributed by atoms with Crippen molar-refractivity contribution in [1.29, 1.82) is 0 Å². The van der Waals surface area contributed by atoms with Crippen LogP contribution in [-0.2, 0) is 10.0 Å². The lowest BCUT2D eigenvalue weighted by Gasteiger charge is -2.08. The van der Waals surface area contributed by atoms with E-state index in [4.69, 9.17) is 5.73 Å². The zero-order valence-electron chi connectivity index (χ0n) is 12.8. The molecule has 1 aromatic rings. The number of unbranched alkanes of at least 4 members (excludes halogenated alkanes) is 7. The highest BCUT2D eigenvalue weighted by atomic mass is 32.2. The summed E-state index contributed by atoms with van der Waals surface area (Å²) in [5, 5.41) is 0. The number of anilines is 1. The van der Waals surface area contributed by atoms with Crippen molar-refractivity contribution in [2.24, 2.45) is 0 Å². The van der Waals surface area contributed by atoms with Crippen molar-refractivity contribution in [3.8, 4) is 0 Å². The number of nitrogen functional groups attached to an aromatic ring is 1. The van der Waals surface area contributed by atoms with E-state index in [2.05, 4.69) is 16.6 Å². The minimum absolute atomic E-state index is 0.0598. The molecule has 6 heteroatoms. The molecule has 0 amide bonds. The van der Waals surface area contributed by atoms with Gasteiger partial charge in [-0.15, -0.1) is 0 Å². The van der Waals surface area contributed by atoms with Gasteiger partial charge in [0.15, 0.2) is 0 Å². The molecule has 5 nitrogen and oxygen atoms in total. The number of rotatable bonds is 11. The van der Waals surface area contributed by atoms with Gasteiger partial charge in [-0.05, 0) is 12.5 Å². The summed E-state index contributed by atoms with van der Waals surface area (Å²) in [4.78, 5) is 3.87. The lowest BCUT2D eigenvalue weighted by atomic mass is 10.1. The summed E-state index contributed by atoms with van der Waals surface area (Å²) < 4.78 is 26.6. The van der Waals surface area contributed by atoms with E-state index in [0.29, 0.717) is 6.54 Å². The molecule has 0 aromatic carbocycles. The first-order chi connectivity index (χ1) is 10.1. The monoisotopic (exact) mass is 313 g/mol. The zero-order valence-corrected chi connectivity index (χ0v) is 13.7. The van der Waals surface area contributed by atoms with Crippen molar-refractivity contribution in [3.63, 3.8) is 0 Å². The van der Waals surface area contributed by atoms with Gasteiger partial charge in [0, 0.05) is 18.9 Å².